The third kappa shape index (κ3) is 1.26. The molecular weight excluding hydrogens is 228 g/mol. The van der Waals surface area contributed by atoms with E-state index < -0.39 is 0 Å². The van der Waals surface area contributed by atoms with Crippen LogP contribution in [0.2, 0.25) is 0 Å². The van der Waals surface area contributed by atoms with Crippen molar-refractivity contribution in [2.45, 2.75) is 32.1 Å². The Kier molecular flexibility index (Phi) is 1.99. The molecule has 0 heterocycles. The molecule has 1 aromatic rings. The molecule has 4 aliphatic carbocycles. The molecule has 98 valence electrons. The number of aryl methyl sites for hydroxylation is 1. The van der Waals surface area contributed by atoms with Gasteiger partial charge in [-0.3, -0.25) is 0 Å². The van der Waals surface area contributed by atoms with Crippen LogP contribution >= 0.6 is 0 Å². The number of allylic oxidation sites excluding steroid dienone is 2. The Bertz CT molecular complexity index is 555. The van der Waals surface area contributed by atoms with E-state index in [1.54, 1.807) is 5.56 Å². The van der Waals surface area contributed by atoms with Crippen LogP contribution in [0.1, 0.15) is 36.3 Å². The first-order valence-corrected chi connectivity index (χ1v) is 8.07. The number of benzene rings is 1. The van der Waals surface area contributed by atoms with Crippen LogP contribution in [0.3, 0.4) is 0 Å². The Hall–Kier alpha value is -1.04. The van der Waals surface area contributed by atoms with Crippen LogP contribution in [0, 0.1) is 42.4 Å². The van der Waals surface area contributed by atoms with Crippen LogP contribution in [-0.2, 0) is 0 Å². The van der Waals surface area contributed by atoms with Gasteiger partial charge >= 0.3 is 0 Å². The lowest BCUT2D eigenvalue weighted by molar-refractivity contribution is 0.184. The van der Waals surface area contributed by atoms with E-state index in [2.05, 4.69) is 43.3 Å². The van der Waals surface area contributed by atoms with Gasteiger partial charge in [-0.05, 0) is 78.7 Å². The number of fused-ring (bicyclic) bond motifs is 9. The van der Waals surface area contributed by atoms with E-state index in [0.29, 0.717) is 0 Å². The summed E-state index contributed by atoms with van der Waals surface area (Å²) in [6, 6.07) is 9.14. The van der Waals surface area contributed by atoms with Crippen molar-refractivity contribution in [2.75, 3.05) is 0 Å². The van der Waals surface area contributed by atoms with Crippen LogP contribution in [0.5, 0.6) is 0 Å². The molecule has 0 N–H and O–H groups in total. The minimum Gasteiger partial charge on any atom is -0.0848 e. The Morgan fingerprint density at radius 1 is 0.895 bits per heavy atom. The van der Waals surface area contributed by atoms with E-state index in [-0.39, 0.29) is 0 Å². The summed E-state index contributed by atoms with van der Waals surface area (Å²) in [6.45, 7) is 2.31. The summed E-state index contributed by atoms with van der Waals surface area (Å²) >= 11 is 0. The molecule has 0 nitrogen and oxygen atoms in total. The zero-order valence-corrected chi connectivity index (χ0v) is 11.6. The Morgan fingerprint density at radius 3 is 2.53 bits per heavy atom. The molecule has 0 spiro atoms. The third-order valence-corrected chi connectivity index (χ3v) is 6.86. The van der Waals surface area contributed by atoms with Crippen molar-refractivity contribution < 1.29 is 0 Å². The average molecular weight is 250 g/mol. The summed E-state index contributed by atoms with van der Waals surface area (Å²) in [5.41, 5.74) is 3.19. The van der Waals surface area contributed by atoms with Crippen molar-refractivity contribution in [1.82, 2.24) is 0 Å². The second-order valence-corrected chi connectivity index (χ2v) is 7.46. The standard InChI is InChI=1S/C19H22/c1-11-4-2-3-5-15(11)16-9-14-10-17(16)19-13-7-6-12(8-13)18(14)19/h2-7,12-14,16-19H,8-10H2,1H3. The van der Waals surface area contributed by atoms with Crippen LogP contribution in [0.25, 0.3) is 0 Å². The normalized spacial score (nSPS) is 49.0. The second-order valence-electron chi connectivity index (χ2n) is 7.46. The minimum absolute atomic E-state index is 0.875. The van der Waals surface area contributed by atoms with E-state index in [9.17, 15) is 0 Å². The van der Waals surface area contributed by atoms with Crippen molar-refractivity contribution in [2.24, 2.45) is 35.5 Å². The Labute approximate surface area is 115 Å². The van der Waals surface area contributed by atoms with Crippen molar-refractivity contribution in [3.05, 3.63) is 47.5 Å². The van der Waals surface area contributed by atoms with Crippen LogP contribution in [0.4, 0.5) is 0 Å². The lowest BCUT2D eigenvalue weighted by Crippen LogP contribution is -2.30. The molecule has 0 saturated heterocycles. The zero-order valence-electron chi connectivity index (χ0n) is 11.6. The molecule has 5 rings (SSSR count). The minimum atomic E-state index is 0.875. The van der Waals surface area contributed by atoms with Gasteiger partial charge in [0.05, 0.1) is 0 Å². The topological polar surface area (TPSA) is 0 Å². The molecule has 0 amide bonds. The summed E-state index contributed by atoms with van der Waals surface area (Å²) < 4.78 is 0. The highest BCUT2D eigenvalue weighted by atomic mass is 14.6. The fraction of sp³-hybridized carbons (Fsp3) is 0.579. The molecule has 3 saturated carbocycles. The van der Waals surface area contributed by atoms with Gasteiger partial charge in [-0.1, -0.05) is 36.4 Å². The molecule has 4 aliphatic rings. The van der Waals surface area contributed by atoms with Gasteiger partial charge < -0.3 is 0 Å². The Morgan fingerprint density at radius 2 is 1.68 bits per heavy atom. The van der Waals surface area contributed by atoms with Crippen LogP contribution < -0.4 is 0 Å². The predicted octanol–water partition coefficient (Wildman–Crippen LogP) is 4.56. The first kappa shape index (κ1) is 10.7. The van der Waals surface area contributed by atoms with Gasteiger partial charge in [0.25, 0.3) is 0 Å². The van der Waals surface area contributed by atoms with Crippen molar-refractivity contribution in [1.29, 1.82) is 0 Å². The summed E-state index contributed by atoms with van der Waals surface area (Å²) in [4.78, 5) is 0. The first-order valence-electron chi connectivity index (χ1n) is 8.07. The molecule has 0 heteroatoms. The molecule has 0 aromatic heterocycles. The lowest BCUT2D eigenvalue weighted by atomic mass is 9.67. The van der Waals surface area contributed by atoms with E-state index in [1.807, 2.05) is 0 Å². The summed E-state index contributed by atoms with van der Waals surface area (Å²) in [6.07, 6.45) is 9.61. The largest absolute Gasteiger partial charge is 0.0848 e. The number of hydrogen-bond donors (Lipinski definition) is 0. The number of hydrogen-bond acceptors (Lipinski definition) is 0. The van der Waals surface area contributed by atoms with Crippen LogP contribution in [-0.4, -0.2) is 0 Å². The summed E-state index contributed by atoms with van der Waals surface area (Å²) in [5.74, 6) is 6.93. The van der Waals surface area contributed by atoms with E-state index in [1.165, 1.54) is 24.8 Å². The van der Waals surface area contributed by atoms with Crippen molar-refractivity contribution in [3.63, 3.8) is 0 Å². The van der Waals surface area contributed by atoms with Crippen LogP contribution in [0.15, 0.2) is 36.4 Å². The maximum absolute atomic E-state index is 2.56. The molecule has 19 heavy (non-hydrogen) atoms. The maximum Gasteiger partial charge on any atom is -0.0125 e. The van der Waals surface area contributed by atoms with Gasteiger partial charge in [0.15, 0.2) is 0 Å². The predicted molar refractivity (Wildman–Crippen MR) is 77.9 cm³/mol. The van der Waals surface area contributed by atoms with E-state index in [0.717, 1.165) is 41.4 Å². The molecule has 0 radical (unpaired) electrons. The van der Waals surface area contributed by atoms with Gasteiger partial charge in [-0.25, -0.2) is 0 Å². The monoisotopic (exact) mass is 250 g/mol. The van der Waals surface area contributed by atoms with Crippen molar-refractivity contribution in [3.8, 4) is 0 Å². The fourth-order valence-electron chi connectivity index (χ4n) is 6.38. The lowest BCUT2D eigenvalue weighted by Gasteiger charge is -2.37. The highest BCUT2D eigenvalue weighted by molar-refractivity contribution is 5.33. The van der Waals surface area contributed by atoms with Gasteiger partial charge in [0.1, 0.15) is 0 Å². The van der Waals surface area contributed by atoms with Gasteiger partial charge in [0.2, 0.25) is 0 Å². The molecule has 7 unspecified atom stereocenters. The molecule has 3 fully saturated rings. The number of rotatable bonds is 1. The smallest absolute Gasteiger partial charge is 0.0125 e. The second kappa shape index (κ2) is 3.53. The molecule has 1 aromatic carbocycles. The quantitative estimate of drug-likeness (QED) is 0.506. The average Bonchev–Trinajstić information content (AvgIpc) is 3.17. The summed E-state index contributed by atoms with van der Waals surface area (Å²) in [5, 5.41) is 0. The molecular formula is C19H22. The van der Waals surface area contributed by atoms with Gasteiger partial charge in [-0.2, -0.15) is 0 Å². The maximum atomic E-state index is 2.56. The molecule has 4 bridgehead atoms. The molecule has 0 aliphatic heterocycles. The van der Waals surface area contributed by atoms with Crippen molar-refractivity contribution >= 4 is 0 Å². The fourth-order valence-corrected chi connectivity index (χ4v) is 6.38. The Balaban J connectivity index is 1.54. The first-order chi connectivity index (χ1) is 9.33. The zero-order chi connectivity index (χ0) is 12.6. The van der Waals surface area contributed by atoms with E-state index in [4.69, 9.17) is 0 Å². The molecule has 7 atom stereocenters. The SMILES string of the molecule is Cc1ccccc1C1CC2CC1C1C3C=CC(C3)C21. The highest BCUT2D eigenvalue weighted by Crippen LogP contribution is 2.68. The van der Waals surface area contributed by atoms with Gasteiger partial charge in [0, 0.05) is 0 Å². The van der Waals surface area contributed by atoms with Gasteiger partial charge in [-0.15, -0.1) is 0 Å². The highest BCUT2D eigenvalue weighted by Gasteiger charge is 2.61. The third-order valence-electron chi connectivity index (χ3n) is 6.86. The van der Waals surface area contributed by atoms with E-state index >= 15 is 0 Å². The summed E-state index contributed by atoms with van der Waals surface area (Å²) in [7, 11) is 0.